The molecule has 0 aromatic carbocycles. The van der Waals surface area contributed by atoms with Crippen molar-refractivity contribution < 1.29 is 32.7 Å². The fourth-order valence-electron chi connectivity index (χ4n) is 1.59. The molecule has 1 heterocycles. The Bertz CT molecular complexity index is 461. The van der Waals surface area contributed by atoms with Crippen LogP contribution in [0.1, 0.15) is 12.8 Å². The number of nitrogens with zero attached hydrogens (tertiary/aromatic N) is 3. The standard InChI is InChI=1S/C10H12F3N3O4/c1-15-7(17)3-2-6(14-15)9(20)16(4-8(18)19)5-10(11,12)13/h2-5H2,1H3,(H,18,19). The van der Waals surface area contributed by atoms with Gasteiger partial charge < -0.3 is 10.0 Å². The van der Waals surface area contributed by atoms with Crippen LogP contribution in [0.5, 0.6) is 0 Å². The molecular weight excluding hydrogens is 283 g/mol. The summed E-state index contributed by atoms with van der Waals surface area (Å²) in [6, 6.07) is 0. The summed E-state index contributed by atoms with van der Waals surface area (Å²) in [6.45, 7) is -2.77. The molecule has 0 bridgehead atoms. The first kappa shape index (κ1) is 15.9. The van der Waals surface area contributed by atoms with Crippen LogP contribution in [0.3, 0.4) is 0 Å². The van der Waals surface area contributed by atoms with Crippen LogP contribution in [-0.2, 0) is 14.4 Å². The van der Waals surface area contributed by atoms with E-state index >= 15 is 0 Å². The second kappa shape index (κ2) is 5.88. The highest BCUT2D eigenvalue weighted by Gasteiger charge is 2.36. The number of aliphatic carboxylic acids is 1. The number of carbonyl (C=O) groups excluding carboxylic acids is 2. The van der Waals surface area contributed by atoms with Gasteiger partial charge in [-0.1, -0.05) is 0 Å². The number of hydrogen-bond donors (Lipinski definition) is 1. The summed E-state index contributed by atoms with van der Waals surface area (Å²) in [5.41, 5.74) is -0.266. The minimum Gasteiger partial charge on any atom is -0.480 e. The van der Waals surface area contributed by atoms with E-state index in [0.29, 0.717) is 0 Å². The van der Waals surface area contributed by atoms with Crippen molar-refractivity contribution in [1.29, 1.82) is 0 Å². The SMILES string of the molecule is CN1N=C(C(=O)N(CC(=O)O)CC(F)(F)F)CCC1=O. The van der Waals surface area contributed by atoms with Crippen LogP contribution < -0.4 is 0 Å². The summed E-state index contributed by atoms with van der Waals surface area (Å²) >= 11 is 0. The first-order valence-electron chi connectivity index (χ1n) is 5.52. The molecule has 2 amide bonds. The van der Waals surface area contributed by atoms with Crippen molar-refractivity contribution in [2.75, 3.05) is 20.1 Å². The first-order chi connectivity index (χ1) is 9.10. The van der Waals surface area contributed by atoms with Crippen LogP contribution in [-0.4, -0.2) is 64.8 Å². The Morgan fingerprint density at radius 1 is 1.40 bits per heavy atom. The Morgan fingerprint density at radius 3 is 2.45 bits per heavy atom. The third-order valence-electron chi connectivity index (χ3n) is 2.44. The van der Waals surface area contributed by atoms with Gasteiger partial charge in [0.15, 0.2) is 0 Å². The fourth-order valence-corrected chi connectivity index (χ4v) is 1.59. The molecule has 1 aliphatic rings. The van der Waals surface area contributed by atoms with Crippen LogP contribution in [0.25, 0.3) is 0 Å². The molecule has 0 aliphatic carbocycles. The molecule has 0 saturated heterocycles. The minimum absolute atomic E-state index is 0.0615. The Morgan fingerprint density at radius 2 is 2.00 bits per heavy atom. The maximum absolute atomic E-state index is 12.3. The van der Waals surface area contributed by atoms with Crippen molar-refractivity contribution in [1.82, 2.24) is 9.91 Å². The highest BCUT2D eigenvalue weighted by Crippen LogP contribution is 2.18. The topological polar surface area (TPSA) is 90.3 Å². The lowest BCUT2D eigenvalue weighted by Crippen LogP contribution is -2.46. The number of alkyl halides is 3. The van der Waals surface area contributed by atoms with E-state index in [1.807, 2.05) is 0 Å². The molecule has 1 aliphatic heterocycles. The van der Waals surface area contributed by atoms with E-state index in [0.717, 1.165) is 5.01 Å². The molecule has 0 fully saturated rings. The van der Waals surface area contributed by atoms with Gasteiger partial charge in [-0.15, -0.1) is 0 Å². The Balaban J connectivity index is 2.90. The van der Waals surface area contributed by atoms with Gasteiger partial charge in [0, 0.05) is 19.9 Å². The van der Waals surface area contributed by atoms with Crippen molar-refractivity contribution in [2.45, 2.75) is 19.0 Å². The zero-order valence-corrected chi connectivity index (χ0v) is 10.5. The van der Waals surface area contributed by atoms with E-state index in [1.54, 1.807) is 0 Å². The lowest BCUT2D eigenvalue weighted by atomic mass is 10.1. The number of rotatable bonds is 4. The van der Waals surface area contributed by atoms with Crippen LogP contribution in [0.15, 0.2) is 5.10 Å². The zero-order chi connectivity index (χ0) is 15.5. The zero-order valence-electron chi connectivity index (χ0n) is 10.5. The molecule has 0 aromatic heterocycles. The quantitative estimate of drug-likeness (QED) is 0.794. The van der Waals surface area contributed by atoms with Gasteiger partial charge in [0.1, 0.15) is 18.8 Å². The average molecular weight is 295 g/mol. The normalized spacial score (nSPS) is 15.9. The smallest absolute Gasteiger partial charge is 0.406 e. The molecule has 112 valence electrons. The highest BCUT2D eigenvalue weighted by molar-refractivity contribution is 6.39. The molecule has 1 rings (SSSR count). The minimum atomic E-state index is -4.72. The van der Waals surface area contributed by atoms with Gasteiger partial charge in [-0.2, -0.15) is 18.3 Å². The summed E-state index contributed by atoms with van der Waals surface area (Å²) in [6.07, 6.45) is -4.90. The van der Waals surface area contributed by atoms with Crippen LogP contribution in [0.4, 0.5) is 13.2 Å². The Labute approximate surface area is 111 Å². The maximum Gasteiger partial charge on any atom is 0.406 e. The summed E-state index contributed by atoms with van der Waals surface area (Å²) in [5, 5.41) is 13.0. The van der Waals surface area contributed by atoms with E-state index in [2.05, 4.69) is 5.10 Å². The fraction of sp³-hybridized carbons (Fsp3) is 0.600. The van der Waals surface area contributed by atoms with Gasteiger partial charge in [-0.25, -0.2) is 5.01 Å². The Hall–Kier alpha value is -2.13. The van der Waals surface area contributed by atoms with Crippen LogP contribution >= 0.6 is 0 Å². The number of hydrogen-bond acceptors (Lipinski definition) is 4. The molecular formula is C10H12F3N3O4. The van der Waals surface area contributed by atoms with Crippen molar-refractivity contribution in [3.05, 3.63) is 0 Å². The van der Waals surface area contributed by atoms with E-state index in [9.17, 15) is 27.6 Å². The molecule has 0 unspecified atom stereocenters. The van der Waals surface area contributed by atoms with Crippen molar-refractivity contribution in [3.63, 3.8) is 0 Å². The third-order valence-corrected chi connectivity index (χ3v) is 2.44. The van der Waals surface area contributed by atoms with Gasteiger partial charge in [0.25, 0.3) is 5.91 Å². The second-order valence-electron chi connectivity index (χ2n) is 4.13. The summed E-state index contributed by atoms with van der Waals surface area (Å²) in [4.78, 5) is 33.7. The molecule has 0 saturated carbocycles. The molecule has 0 aromatic rings. The van der Waals surface area contributed by atoms with Crippen LogP contribution in [0, 0.1) is 0 Å². The van der Waals surface area contributed by atoms with Crippen molar-refractivity contribution >= 4 is 23.5 Å². The maximum atomic E-state index is 12.3. The molecule has 0 radical (unpaired) electrons. The van der Waals surface area contributed by atoms with Gasteiger partial charge in [0.05, 0.1) is 0 Å². The molecule has 0 atom stereocenters. The number of carboxylic acid groups (broad SMARTS) is 1. The average Bonchev–Trinajstić information content (AvgIpc) is 2.28. The highest BCUT2D eigenvalue weighted by atomic mass is 19.4. The van der Waals surface area contributed by atoms with E-state index in [4.69, 9.17) is 5.11 Å². The summed E-state index contributed by atoms with van der Waals surface area (Å²) < 4.78 is 37.0. The lowest BCUT2D eigenvalue weighted by Gasteiger charge is -2.25. The molecule has 10 heteroatoms. The number of halogens is 3. The Kier molecular flexibility index (Phi) is 4.69. The predicted molar refractivity (Wildman–Crippen MR) is 59.7 cm³/mol. The summed E-state index contributed by atoms with van der Waals surface area (Å²) in [5.74, 6) is -3.07. The predicted octanol–water partition coefficient (Wildman–Crippen LogP) is 0.0701. The van der Waals surface area contributed by atoms with Gasteiger partial charge in [-0.3, -0.25) is 14.4 Å². The largest absolute Gasteiger partial charge is 0.480 e. The monoisotopic (exact) mass is 295 g/mol. The molecule has 1 N–H and O–H groups in total. The second-order valence-corrected chi connectivity index (χ2v) is 4.13. The van der Waals surface area contributed by atoms with Gasteiger partial charge in [-0.05, 0) is 0 Å². The van der Waals surface area contributed by atoms with Crippen molar-refractivity contribution in [2.24, 2.45) is 5.10 Å². The van der Waals surface area contributed by atoms with E-state index in [-0.39, 0.29) is 29.4 Å². The molecule has 0 spiro atoms. The first-order valence-corrected chi connectivity index (χ1v) is 5.52. The van der Waals surface area contributed by atoms with Gasteiger partial charge in [0.2, 0.25) is 5.91 Å². The molecule has 20 heavy (non-hydrogen) atoms. The lowest BCUT2D eigenvalue weighted by molar-refractivity contribution is -0.162. The number of hydrazone groups is 1. The van der Waals surface area contributed by atoms with Crippen molar-refractivity contribution in [3.8, 4) is 0 Å². The van der Waals surface area contributed by atoms with E-state index in [1.165, 1.54) is 7.05 Å². The number of amides is 2. The number of carboxylic acids is 1. The van der Waals surface area contributed by atoms with E-state index < -0.39 is 31.1 Å². The van der Waals surface area contributed by atoms with Gasteiger partial charge >= 0.3 is 12.1 Å². The summed E-state index contributed by atoms with van der Waals surface area (Å²) in [7, 11) is 1.26. The third kappa shape index (κ3) is 4.52. The number of carbonyl (C=O) groups is 3. The van der Waals surface area contributed by atoms with Crippen LogP contribution in [0.2, 0.25) is 0 Å². The molecule has 7 nitrogen and oxygen atoms in total.